The van der Waals surface area contributed by atoms with Crippen LogP contribution in [0.3, 0.4) is 0 Å². The van der Waals surface area contributed by atoms with Crippen molar-refractivity contribution in [3.8, 4) is 0 Å². The molecule has 1 heteroatoms. The van der Waals surface area contributed by atoms with E-state index in [1.807, 2.05) is 0 Å². The number of benzene rings is 2. The van der Waals surface area contributed by atoms with Crippen LogP contribution in [0.4, 0.5) is 0 Å². The number of fused-ring (bicyclic) bond motifs is 2. The normalized spacial score (nSPS) is 13.0. The van der Waals surface area contributed by atoms with E-state index in [4.69, 9.17) is 0 Å². The predicted octanol–water partition coefficient (Wildman–Crippen LogP) is 5.33. The average Bonchev–Trinajstić information content (AvgIpc) is 2.41. The van der Waals surface area contributed by atoms with E-state index < -0.39 is 0 Å². The van der Waals surface area contributed by atoms with E-state index in [0.717, 1.165) is 0 Å². The van der Waals surface area contributed by atoms with Gasteiger partial charge in [-0.2, -0.15) is 4.57 Å². The third-order valence-corrected chi connectivity index (χ3v) is 4.28. The Morgan fingerprint density at radius 2 is 1.36 bits per heavy atom. The van der Waals surface area contributed by atoms with Crippen LogP contribution < -0.4 is 4.57 Å². The van der Waals surface area contributed by atoms with Gasteiger partial charge in [-0.1, -0.05) is 45.0 Å². The standard InChI is InChI=1S/C21H26N/c1-20(2,3)17-11-9-13-19-16(17)14-15-10-7-8-12-18(15)22(19)21(4,5)6/h7-14H,1-6H3/q+1. The van der Waals surface area contributed by atoms with Gasteiger partial charge in [0, 0.05) is 38.3 Å². The van der Waals surface area contributed by atoms with Crippen LogP contribution in [0, 0.1) is 0 Å². The molecule has 1 nitrogen and oxygen atoms in total. The summed E-state index contributed by atoms with van der Waals surface area (Å²) in [5.41, 5.74) is 4.20. The molecule has 0 fully saturated rings. The summed E-state index contributed by atoms with van der Waals surface area (Å²) in [6.07, 6.45) is 0. The summed E-state index contributed by atoms with van der Waals surface area (Å²) in [6, 6.07) is 17.8. The van der Waals surface area contributed by atoms with Crippen molar-refractivity contribution in [1.82, 2.24) is 0 Å². The van der Waals surface area contributed by atoms with E-state index in [-0.39, 0.29) is 11.0 Å². The molecule has 2 aromatic carbocycles. The van der Waals surface area contributed by atoms with Crippen molar-refractivity contribution >= 4 is 21.8 Å². The second-order valence-corrected chi connectivity index (χ2v) is 8.20. The summed E-state index contributed by atoms with van der Waals surface area (Å²) < 4.78 is 2.48. The molecular weight excluding hydrogens is 266 g/mol. The van der Waals surface area contributed by atoms with Gasteiger partial charge in [-0.3, -0.25) is 0 Å². The van der Waals surface area contributed by atoms with E-state index in [1.165, 1.54) is 27.4 Å². The predicted molar refractivity (Wildman–Crippen MR) is 95.3 cm³/mol. The molecule has 0 unspecified atom stereocenters. The molecule has 114 valence electrons. The van der Waals surface area contributed by atoms with E-state index in [9.17, 15) is 0 Å². The summed E-state index contributed by atoms with van der Waals surface area (Å²) in [5.74, 6) is 0. The van der Waals surface area contributed by atoms with E-state index in [2.05, 4.69) is 94.6 Å². The number of hydrogen-bond donors (Lipinski definition) is 0. The van der Waals surface area contributed by atoms with Crippen molar-refractivity contribution < 1.29 is 4.57 Å². The van der Waals surface area contributed by atoms with Gasteiger partial charge >= 0.3 is 0 Å². The van der Waals surface area contributed by atoms with Crippen molar-refractivity contribution in [1.29, 1.82) is 0 Å². The van der Waals surface area contributed by atoms with Gasteiger partial charge in [-0.15, -0.1) is 0 Å². The van der Waals surface area contributed by atoms with Crippen LogP contribution in [0.25, 0.3) is 21.8 Å². The zero-order valence-electron chi connectivity index (χ0n) is 14.6. The van der Waals surface area contributed by atoms with Gasteiger partial charge in [0.15, 0.2) is 5.54 Å². The second kappa shape index (κ2) is 4.81. The highest BCUT2D eigenvalue weighted by atomic mass is 15.0. The second-order valence-electron chi connectivity index (χ2n) is 8.20. The quantitative estimate of drug-likeness (QED) is 0.389. The van der Waals surface area contributed by atoms with Crippen LogP contribution in [0.5, 0.6) is 0 Å². The fraction of sp³-hybridized carbons (Fsp3) is 0.381. The number of pyridine rings is 1. The zero-order valence-corrected chi connectivity index (χ0v) is 14.6. The highest BCUT2D eigenvalue weighted by Gasteiger charge is 2.29. The molecule has 0 spiro atoms. The summed E-state index contributed by atoms with van der Waals surface area (Å²) in [6.45, 7) is 13.7. The van der Waals surface area contributed by atoms with Crippen molar-refractivity contribution in [2.45, 2.75) is 52.5 Å². The monoisotopic (exact) mass is 292 g/mol. The molecule has 1 heterocycles. The Bertz CT molecular complexity index is 845. The van der Waals surface area contributed by atoms with Gasteiger partial charge in [0.1, 0.15) is 0 Å². The molecule has 1 aromatic heterocycles. The van der Waals surface area contributed by atoms with Crippen molar-refractivity contribution in [2.24, 2.45) is 0 Å². The third kappa shape index (κ3) is 2.39. The SMILES string of the molecule is CC(C)(C)c1cccc2c1cc1ccccc1[n+]2C(C)(C)C. The molecule has 0 aliphatic rings. The molecule has 0 saturated heterocycles. The van der Waals surface area contributed by atoms with E-state index in [1.54, 1.807) is 0 Å². The van der Waals surface area contributed by atoms with Gasteiger partial charge < -0.3 is 0 Å². The van der Waals surface area contributed by atoms with Gasteiger partial charge in [0.25, 0.3) is 0 Å². The number of nitrogens with zero attached hydrogens (tertiary/aromatic N) is 1. The Morgan fingerprint density at radius 3 is 2.00 bits per heavy atom. The Balaban J connectivity index is 2.57. The molecule has 0 bridgehead atoms. The Labute approximate surface area is 133 Å². The van der Waals surface area contributed by atoms with Gasteiger partial charge in [-0.05, 0) is 23.1 Å². The average molecular weight is 292 g/mol. The van der Waals surface area contributed by atoms with Crippen LogP contribution in [0.2, 0.25) is 0 Å². The Morgan fingerprint density at radius 1 is 0.727 bits per heavy atom. The van der Waals surface area contributed by atoms with Crippen LogP contribution >= 0.6 is 0 Å². The van der Waals surface area contributed by atoms with Crippen LogP contribution in [-0.2, 0) is 11.0 Å². The lowest BCUT2D eigenvalue weighted by molar-refractivity contribution is -0.706. The highest BCUT2D eigenvalue weighted by Crippen LogP contribution is 2.31. The zero-order chi connectivity index (χ0) is 16.1. The lowest BCUT2D eigenvalue weighted by Gasteiger charge is -2.23. The maximum Gasteiger partial charge on any atom is 0.213 e. The third-order valence-electron chi connectivity index (χ3n) is 4.28. The fourth-order valence-corrected chi connectivity index (χ4v) is 3.37. The molecule has 0 radical (unpaired) electrons. The molecule has 3 rings (SSSR count). The minimum absolute atomic E-state index is 0.0373. The lowest BCUT2D eigenvalue weighted by atomic mass is 9.84. The van der Waals surface area contributed by atoms with Crippen LogP contribution in [-0.4, -0.2) is 0 Å². The van der Waals surface area contributed by atoms with Crippen molar-refractivity contribution in [3.05, 3.63) is 54.1 Å². The Kier molecular flexibility index (Phi) is 3.28. The minimum atomic E-state index is 0.0373. The molecule has 22 heavy (non-hydrogen) atoms. The molecule has 3 aromatic rings. The number of para-hydroxylation sites is 1. The summed E-state index contributed by atoms with van der Waals surface area (Å²) >= 11 is 0. The van der Waals surface area contributed by atoms with Gasteiger partial charge in [0.05, 0.1) is 5.39 Å². The van der Waals surface area contributed by atoms with Crippen LogP contribution in [0.15, 0.2) is 48.5 Å². The summed E-state index contributed by atoms with van der Waals surface area (Å²) in [4.78, 5) is 0. The fourth-order valence-electron chi connectivity index (χ4n) is 3.37. The maximum atomic E-state index is 2.48. The number of aromatic nitrogens is 1. The topological polar surface area (TPSA) is 3.88 Å². The minimum Gasteiger partial charge on any atom is -0.187 e. The van der Waals surface area contributed by atoms with Crippen LogP contribution in [0.1, 0.15) is 47.1 Å². The lowest BCUT2D eigenvalue weighted by Crippen LogP contribution is -2.51. The molecule has 0 aliphatic heterocycles. The first-order chi connectivity index (χ1) is 10.2. The molecule has 0 saturated carbocycles. The molecular formula is C21H26N+. The first-order valence-corrected chi connectivity index (χ1v) is 8.07. The first-order valence-electron chi connectivity index (χ1n) is 8.07. The van der Waals surface area contributed by atoms with E-state index >= 15 is 0 Å². The molecule has 0 atom stereocenters. The largest absolute Gasteiger partial charge is 0.213 e. The molecule has 0 N–H and O–H groups in total. The smallest absolute Gasteiger partial charge is 0.187 e. The van der Waals surface area contributed by atoms with Gasteiger partial charge in [0.2, 0.25) is 11.0 Å². The Hall–Kier alpha value is -1.89. The number of rotatable bonds is 0. The highest BCUT2D eigenvalue weighted by molar-refractivity contribution is 5.91. The summed E-state index contributed by atoms with van der Waals surface area (Å²) in [7, 11) is 0. The van der Waals surface area contributed by atoms with Crippen molar-refractivity contribution in [2.75, 3.05) is 0 Å². The molecule has 0 amide bonds. The first kappa shape index (κ1) is 15.0. The number of hydrogen-bond acceptors (Lipinski definition) is 0. The molecule has 0 aliphatic carbocycles. The van der Waals surface area contributed by atoms with Gasteiger partial charge in [-0.25, -0.2) is 0 Å². The van der Waals surface area contributed by atoms with Crippen molar-refractivity contribution in [3.63, 3.8) is 0 Å². The maximum absolute atomic E-state index is 2.48. The van der Waals surface area contributed by atoms with E-state index in [0.29, 0.717) is 0 Å². The summed E-state index contributed by atoms with van der Waals surface area (Å²) in [5, 5.41) is 2.67.